The van der Waals surface area contributed by atoms with Crippen LogP contribution in [-0.4, -0.2) is 164 Å². The van der Waals surface area contributed by atoms with Crippen molar-refractivity contribution in [2.75, 3.05) is 19.8 Å². The average Bonchev–Trinajstić information content (AvgIpc) is 2.94. The first-order valence-corrected chi connectivity index (χ1v) is 22.8. The van der Waals surface area contributed by atoms with Gasteiger partial charge in [-0.25, -0.2) is 63.1 Å². The smallest absolute Gasteiger partial charge is 0.347 e. The van der Waals surface area contributed by atoms with Crippen LogP contribution in [0.25, 0.3) is 0 Å². The molecule has 3 N–H and O–H groups in total. The summed E-state index contributed by atoms with van der Waals surface area (Å²) in [4.78, 5) is 0. The molecule has 0 unspecified atom stereocenters. The Balaban J connectivity index is 3.97. The Labute approximate surface area is 307 Å². The molecular weight excluding hydrogens is 945 g/mol. The maximum Gasteiger partial charge on any atom is 0.397 e. The van der Waals surface area contributed by atoms with Crippen molar-refractivity contribution in [2.24, 2.45) is 0 Å². The summed E-state index contributed by atoms with van der Waals surface area (Å²) in [6.45, 7) is -5.09. The lowest BCUT2D eigenvalue weighted by Crippen LogP contribution is -2.62. The average molecular weight is 969 g/mol. The van der Waals surface area contributed by atoms with Gasteiger partial charge in [0.05, 0.1) is 19.8 Å². The Morgan fingerprint density at radius 2 is 1.04 bits per heavy atom. The van der Waals surface area contributed by atoms with Gasteiger partial charge in [0, 0.05) is 0 Å². The third-order valence-corrected chi connectivity index (χ3v) is 9.19. The van der Waals surface area contributed by atoms with Crippen LogP contribution in [0.2, 0.25) is 0 Å². The Hall–Kier alpha value is -1.01. The number of ether oxygens (including phenoxy) is 2. The van der Waals surface area contributed by atoms with E-state index in [1.54, 1.807) is 0 Å². The second-order valence-corrected chi connectivity index (χ2v) is 15.9. The normalized spacial score (nSPS) is 24.3. The second-order valence-electron chi connectivity index (χ2n) is 8.70. The SMILES string of the molecule is O=[SH](=O)OC[C@H]1O[C@@H](OC[C@@H](O[SH](=O)=O)[C@@H](OS(=O)(=O)O)[C@H](O[SH](=O)=O)[C@H](COS(=O)(=O)O)O[SH](=O)=O)[C@H](OS(=O)(=O)O)[C@@H](O[SH](=O)=O)[C@@H]1O[SH](=O)=O. The molecule has 1 aliphatic rings. The molecule has 1 aliphatic heterocycles. The number of hydrogen-bond acceptors (Lipinski definition) is 29. The maximum atomic E-state index is 11.8. The van der Waals surface area contributed by atoms with E-state index in [-0.39, 0.29) is 0 Å². The van der Waals surface area contributed by atoms with E-state index in [9.17, 15) is 84.9 Å². The van der Waals surface area contributed by atoms with E-state index in [2.05, 4.69) is 37.6 Å². The molecule has 0 saturated carbocycles. The van der Waals surface area contributed by atoms with Crippen molar-refractivity contribution in [3.63, 3.8) is 0 Å². The van der Waals surface area contributed by atoms with Crippen molar-refractivity contribution in [2.45, 2.75) is 55.1 Å². The number of rotatable bonds is 26. The van der Waals surface area contributed by atoms with Gasteiger partial charge < -0.3 is 9.47 Å². The van der Waals surface area contributed by atoms with Crippen LogP contribution in [0.4, 0.5) is 0 Å². The zero-order valence-corrected chi connectivity index (χ0v) is 32.2. The topological polar surface area (TPSA) is 469 Å². The fourth-order valence-electron chi connectivity index (χ4n) is 3.81. The summed E-state index contributed by atoms with van der Waals surface area (Å²) in [6, 6.07) is 0. The summed E-state index contributed by atoms with van der Waals surface area (Å²) in [5.41, 5.74) is 0. The summed E-state index contributed by atoms with van der Waals surface area (Å²) >= 11 is 0. The van der Waals surface area contributed by atoms with E-state index in [0.29, 0.717) is 0 Å². The van der Waals surface area contributed by atoms with Gasteiger partial charge in [0.2, 0.25) is 0 Å². The molecule has 0 bridgehead atoms. The fourth-order valence-corrected chi connectivity index (χ4v) is 7.53. The van der Waals surface area contributed by atoms with Crippen LogP contribution in [0.1, 0.15) is 0 Å². The largest absolute Gasteiger partial charge is 0.397 e. The Kier molecular flexibility index (Phi) is 20.8. The molecule has 0 aromatic heterocycles. The first kappa shape index (κ1) is 50.0. The number of hydrogen-bond donors (Lipinski definition) is 9. The number of thiol groups is 6. The molecule has 32 nitrogen and oxygen atoms in total. The van der Waals surface area contributed by atoms with E-state index in [1.807, 2.05) is 0 Å². The quantitative estimate of drug-likeness (QED) is 0.0287. The standard InChI is InChI=1S/C12H24O32S9/c13-45(14)35-2-4-7(40-48(19)20)10(42-50(23)24)11(44-53(31,32)33)12(37-4)34-1-5(38-46(15)16)9(43-52(28,29)30)8(41-49(21)22)6(39-47(17)18)3-36-51(25,26)27/h4-12,45-50H,1-3H2,(H,25,26,27)(H,28,29,30)(H,31,32,33)/t4-,5-,6+,7-,8-,9-,10+,11-,12-/m1/s1. The first-order valence-electron chi connectivity index (χ1n) is 12.1. The molecular formula is C12H24O32S9. The van der Waals surface area contributed by atoms with Gasteiger partial charge in [0.25, 0.3) is 65.9 Å². The Morgan fingerprint density at radius 1 is 0.547 bits per heavy atom. The van der Waals surface area contributed by atoms with Crippen LogP contribution in [0.5, 0.6) is 0 Å². The van der Waals surface area contributed by atoms with E-state index in [4.69, 9.17) is 14.0 Å². The van der Waals surface area contributed by atoms with Gasteiger partial charge in [0.1, 0.15) is 42.7 Å². The molecule has 9 atom stereocenters. The minimum atomic E-state index is -6.06. The van der Waals surface area contributed by atoms with Crippen LogP contribution in [0.3, 0.4) is 0 Å². The van der Waals surface area contributed by atoms with Crippen molar-refractivity contribution >= 4 is 97.1 Å². The zero-order chi connectivity index (χ0) is 41.1. The second kappa shape index (κ2) is 22.1. The molecule has 0 aliphatic carbocycles. The van der Waals surface area contributed by atoms with Gasteiger partial charge in [-0.05, 0) is 0 Å². The highest BCUT2D eigenvalue weighted by Crippen LogP contribution is 2.31. The summed E-state index contributed by atoms with van der Waals surface area (Å²) in [5, 5.41) is 0. The molecule has 1 fully saturated rings. The molecule has 0 radical (unpaired) electrons. The van der Waals surface area contributed by atoms with Gasteiger partial charge >= 0.3 is 31.2 Å². The van der Waals surface area contributed by atoms with Gasteiger partial charge in [-0.15, -0.1) is 0 Å². The van der Waals surface area contributed by atoms with Crippen molar-refractivity contribution in [1.29, 1.82) is 0 Å². The molecule has 1 heterocycles. The van der Waals surface area contributed by atoms with Gasteiger partial charge in [-0.2, -0.15) is 25.3 Å². The summed E-state index contributed by atoms with van der Waals surface area (Å²) < 4.78 is 281. The van der Waals surface area contributed by atoms with Crippen LogP contribution in [-0.2, 0) is 144 Å². The Morgan fingerprint density at radius 3 is 1.45 bits per heavy atom. The molecule has 0 aromatic carbocycles. The maximum absolute atomic E-state index is 11.8. The van der Waals surface area contributed by atoms with Gasteiger partial charge in [-0.3, -0.25) is 38.8 Å². The van der Waals surface area contributed by atoms with E-state index in [0.717, 1.165) is 0 Å². The Bertz CT molecular complexity index is 1990. The summed E-state index contributed by atoms with van der Waals surface area (Å²) in [5.74, 6) is 0. The van der Waals surface area contributed by atoms with Crippen LogP contribution in [0.15, 0.2) is 0 Å². The van der Waals surface area contributed by atoms with Gasteiger partial charge in [-0.1, -0.05) is 0 Å². The molecule has 1 rings (SSSR count). The van der Waals surface area contributed by atoms with Crippen molar-refractivity contribution in [3.8, 4) is 0 Å². The molecule has 318 valence electrons. The molecule has 41 heteroatoms. The van der Waals surface area contributed by atoms with Crippen LogP contribution >= 0.6 is 0 Å². The minimum absolute atomic E-state index is 1.38. The first-order chi connectivity index (χ1) is 24.1. The summed E-state index contributed by atoms with van der Waals surface area (Å²) in [7, 11) is -42.9. The predicted octanol–water partition coefficient (Wildman–Crippen LogP) is -8.98. The predicted molar refractivity (Wildman–Crippen MR) is 157 cm³/mol. The van der Waals surface area contributed by atoms with E-state index >= 15 is 0 Å². The zero-order valence-electron chi connectivity index (χ0n) is 24.4. The van der Waals surface area contributed by atoms with Crippen molar-refractivity contribution in [1.82, 2.24) is 0 Å². The highest BCUT2D eigenvalue weighted by molar-refractivity contribution is 7.81. The van der Waals surface area contributed by atoms with Crippen LogP contribution in [0, 0.1) is 0 Å². The molecule has 1 saturated heterocycles. The van der Waals surface area contributed by atoms with Crippen molar-refractivity contribution in [3.05, 3.63) is 0 Å². The monoisotopic (exact) mass is 968 g/mol. The minimum Gasteiger partial charge on any atom is -0.347 e. The summed E-state index contributed by atoms with van der Waals surface area (Å²) in [6.07, 6.45) is -25.2. The van der Waals surface area contributed by atoms with E-state index < -0.39 is 172 Å². The molecule has 53 heavy (non-hydrogen) atoms. The third-order valence-electron chi connectivity index (χ3n) is 5.33. The highest BCUT2D eigenvalue weighted by atomic mass is 32.3. The lowest BCUT2D eigenvalue weighted by Gasteiger charge is -2.43. The van der Waals surface area contributed by atoms with E-state index in [1.165, 1.54) is 0 Å². The lowest BCUT2D eigenvalue weighted by molar-refractivity contribution is -0.289. The lowest BCUT2D eigenvalue weighted by atomic mass is 9.99. The molecule has 0 amide bonds. The highest BCUT2D eigenvalue weighted by Gasteiger charge is 2.53. The third kappa shape index (κ3) is 20.6. The molecule has 0 aromatic rings. The van der Waals surface area contributed by atoms with Crippen LogP contribution < -0.4 is 0 Å². The molecule has 0 spiro atoms. The fraction of sp³-hybridized carbons (Fsp3) is 1.00. The van der Waals surface area contributed by atoms with Crippen molar-refractivity contribution < 1.29 is 137 Å². The van der Waals surface area contributed by atoms with Gasteiger partial charge in [0.15, 0.2) is 12.4 Å².